The van der Waals surface area contributed by atoms with Crippen LogP contribution in [0.3, 0.4) is 0 Å². The molecule has 1 aromatic carbocycles. The van der Waals surface area contributed by atoms with Crippen molar-refractivity contribution in [3.8, 4) is 0 Å². The van der Waals surface area contributed by atoms with Gasteiger partial charge in [-0.1, -0.05) is 11.6 Å². The van der Waals surface area contributed by atoms with Crippen molar-refractivity contribution in [2.45, 2.75) is 30.2 Å². The van der Waals surface area contributed by atoms with Crippen molar-refractivity contribution in [3.63, 3.8) is 0 Å². The van der Waals surface area contributed by atoms with Gasteiger partial charge in [0.1, 0.15) is 6.04 Å². The van der Waals surface area contributed by atoms with Gasteiger partial charge in [-0.2, -0.15) is 4.31 Å². The molecule has 0 spiro atoms. The minimum atomic E-state index is -4.05. The smallest absolute Gasteiger partial charge is 0.244 e. The van der Waals surface area contributed by atoms with Gasteiger partial charge in [0.2, 0.25) is 21.8 Å². The zero-order valence-corrected chi connectivity index (χ0v) is 13.9. The van der Waals surface area contributed by atoms with E-state index in [0.717, 1.165) is 10.7 Å². The summed E-state index contributed by atoms with van der Waals surface area (Å²) >= 11 is 5.77. The lowest BCUT2D eigenvalue weighted by atomic mass is 10.1. The minimum absolute atomic E-state index is 0.0415. The molecule has 0 bridgehead atoms. The van der Waals surface area contributed by atoms with Crippen molar-refractivity contribution < 1.29 is 18.0 Å². The number of nitrogens with one attached hydrogen (secondary N) is 1. The van der Waals surface area contributed by atoms with Crippen LogP contribution in [0.5, 0.6) is 0 Å². The average molecular weight is 360 g/mol. The molecule has 3 N–H and O–H groups in total. The van der Waals surface area contributed by atoms with E-state index in [2.05, 4.69) is 5.32 Å². The molecule has 1 saturated heterocycles. The van der Waals surface area contributed by atoms with E-state index < -0.39 is 34.4 Å². The fourth-order valence-corrected chi connectivity index (χ4v) is 4.17. The quantitative estimate of drug-likeness (QED) is 0.796. The van der Waals surface area contributed by atoms with Gasteiger partial charge in [-0.3, -0.25) is 9.59 Å². The van der Waals surface area contributed by atoms with Gasteiger partial charge in [-0.15, -0.1) is 0 Å². The van der Waals surface area contributed by atoms with Gasteiger partial charge in [-0.25, -0.2) is 8.42 Å². The molecule has 0 saturated carbocycles. The number of carbonyl (C=O) groups excluding carboxylic acids is 2. The molecule has 7 nitrogen and oxygen atoms in total. The summed E-state index contributed by atoms with van der Waals surface area (Å²) in [7, 11) is -4.05. The lowest BCUT2D eigenvalue weighted by Gasteiger charge is -2.28. The number of sulfonamides is 1. The number of halogens is 1. The Balaban J connectivity index is 2.42. The summed E-state index contributed by atoms with van der Waals surface area (Å²) in [4.78, 5) is 23.5. The van der Waals surface area contributed by atoms with E-state index in [1.165, 1.54) is 24.3 Å². The maximum atomic E-state index is 12.8. The van der Waals surface area contributed by atoms with E-state index in [4.69, 9.17) is 17.3 Å². The van der Waals surface area contributed by atoms with E-state index in [9.17, 15) is 18.0 Å². The first-order valence-corrected chi connectivity index (χ1v) is 8.97. The number of hydrogen-bond acceptors (Lipinski definition) is 4. The van der Waals surface area contributed by atoms with E-state index in [-0.39, 0.29) is 4.90 Å². The predicted molar refractivity (Wildman–Crippen MR) is 85.2 cm³/mol. The normalized spacial score (nSPS) is 19.2. The van der Waals surface area contributed by atoms with Crippen LogP contribution in [0.25, 0.3) is 0 Å². The largest absolute Gasteiger partial charge is 0.369 e. The Labute approximate surface area is 139 Å². The highest BCUT2D eigenvalue weighted by Gasteiger charge is 2.37. The third-order valence-electron chi connectivity index (χ3n) is 3.59. The van der Waals surface area contributed by atoms with Crippen LogP contribution in [0.15, 0.2) is 29.2 Å². The Hall–Kier alpha value is -1.64. The SMILES string of the molecule is NC(=O)CN(C1CCCCNC1=O)S(=O)(=O)c1ccc(Cl)cc1. The number of benzene rings is 1. The van der Waals surface area contributed by atoms with Crippen LogP contribution in [-0.4, -0.2) is 43.7 Å². The molecule has 1 heterocycles. The molecule has 0 aromatic heterocycles. The molecule has 126 valence electrons. The van der Waals surface area contributed by atoms with Crippen molar-refractivity contribution in [1.82, 2.24) is 9.62 Å². The van der Waals surface area contributed by atoms with Gasteiger partial charge in [0.25, 0.3) is 0 Å². The van der Waals surface area contributed by atoms with E-state index >= 15 is 0 Å². The topological polar surface area (TPSA) is 110 Å². The van der Waals surface area contributed by atoms with E-state index in [1.54, 1.807) is 0 Å². The fourth-order valence-electron chi connectivity index (χ4n) is 2.46. The minimum Gasteiger partial charge on any atom is -0.369 e. The Morgan fingerprint density at radius 2 is 1.96 bits per heavy atom. The molecule has 1 fully saturated rings. The number of hydrogen-bond donors (Lipinski definition) is 2. The number of nitrogens with two attached hydrogens (primary N) is 1. The molecule has 1 unspecified atom stereocenters. The Morgan fingerprint density at radius 3 is 2.57 bits per heavy atom. The number of nitrogens with zero attached hydrogens (tertiary/aromatic N) is 1. The number of carbonyl (C=O) groups is 2. The maximum absolute atomic E-state index is 12.8. The number of primary amides is 1. The standard InChI is InChI=1S/C14H18ClN3O4S/c15-10-4-6-11(7-5-10)23(21,22)18(9-13(16)19)12-3-1-2-8-17-14(12)20/h4-7,12H,1-3,8-9H2,(H2,16,19)(H,17,20). The first-order valence-electron chi connectivity index (χ1n) is 7.16. The van der Waals surface area contributed by atoms with Crippen LogP contribution in [0.1, 0.15) is 19.3 Å². The second-order valence-corrected chi connectivity index (χ2v) is 7.60. The second-order valence-electron chi connectivity index (χ2n) is 5.27. The molecular formula is C14H18ClN3O4S. The average Bonchev–Trinajstić information content (AvgIpc) is 2.69. The second kappa shape index (κ2) is 7.29. The van der Waals surface area contributed by atoms with Crippen molar-refractivity contribution in [3.05, 3.63) is 29.3 Å². The molecule has 23 heavy (non-hydrogen) atoms. The van der Waals surface area contributed by atoms with Gasteiger partial charge in [-0.05, 0) is 43.5 Å². The van der Waals surface area contributed by atoms with Crippen LogP contribution < -0.4 is 11.1 Å². The summed E-state index contributed by atoms with van der Waals surface area (Å²) in [5, 5.41) is 3.05. The highest BCUT2D eigenvalue weighted by molar-refractivity contribution is 7.89. The molecule has 1 aliphatic heterocycles. The molecule has 0 aliphatic carbocycles. The van der Waals surface area contributed by atoms with Crippen LogP contribution in [-0.2, 0) is 19.6 Å². The van der Waals surface area contributed by atoms with Gasteiger partial charge >= 0.3 is 0 Å². The zero-order chi connectivity index (χ0) is 17.0. The molecule has 1 aromatic rings. The summed E-state index contributed by atoms with van der Waals surface area (Å²) < 4.78 is 26.5. The van der Waals surface area contributed by atoms with Gasteiger partial charge in [0, 0.05) is 11.6 Å². The van der Waals surface area contributed by atoms with Gasteiger partial charge in [0.05, 0.1) is 11.4 Å². The highest BCUT2D eigenvalue weighted by atomic mass is 35.5. The van der Waals surface area contributed by atoms with Crippen molar-refractivity contribution in [1.29, 1.82) is 0 Å². The molecule has 9 heteroatoms. The van der Waals surface area contributed by atoms with Crippen LogP contribution in [0.4, 0.5) is 0 Å². The molecular weight excluding hydrogens is 342 g/mol. The summed E-state index contributed by atoms with van der Waals surface area (Å²) in [6.07, 6.45) is 1.77. The van der Waals surface area contributed by atoms with E-state index in [0.29, 0.717) is 24.4 Å². The highest BCUT2D eigenvalue weighted by Crippen LogP contribution is 2.23. The van der Waals surface area contributed by atoms with E-state index in [1.807, 2.05) is 0 Å². The molecule has 1 atom stereocenters. The lowest BCUT2D eigenvalue weighted by molar-refractivity contribution is -0.125. The van der Waals surface area contributed by atoms with Crippen LogP contribution >= 0.6 is 11.6 Å². The summed E-state index contributed by atoms with van der Waals surface area (Å²) in [6, 6.07) is 4.58. The molecule has 0 radical (unpaired) electrons. The van der Waals surface area contributed by atoms with Crippen molar-refractivity contribution in [2.24, 2.45) is 5.73 Å². The first-order chi connectivity index (χ1) is 10.8. The van der Waals surface area contributed by atoms with Crippen molar-refractivity contribution >= 4 is 33.4 Å². The third kappa shape index (κ3) is 4.21. The van der Waals surface area contributed by atoms with Crippen molar-refractivity contribution in [2.75, 3.05) is 13.1 Å². The fraction of sp³-hybridized carbons (Fsp3) is 0.429. The first kappa shape index (κ1) is 17.7. The monoisotopic (exact) mass is 359 g/mol. The van der Waals surface area contributed by atoms with Crippen LogP contribution in [0, 0.1) is 0 Å². The lowest BCUT2D eigenvalue weighted by Crippen LogP contribution is -2.51. The Bertz CT molecular complexity index is 690. The van der Waals surface area contributed by atoms with Gasteiger partial charge in [0.15, 0.2) is 0 Å². The summed E-state index contributed by atoms with van der Waals surface area (Å²) in [5.41, 5.74) is 5.19. The molecule has 2 rings (SSSR count). The molecule has 1 aliphatic rings. The molecule has 2 amide bonds. The Kier molecular flexibility index (Phi) is 5.61. The maximum Gasteiger partial charge on any atom is 0.244 e. The predicted octanol–water partition coefficient (Wildman–Crippen LogP) is 0.485. The summed E-state index contributed by atoms with van der Waals surface area (Å²) in [6.45, 7) is -0.0657. The zero-order valence-electron chi connectivity index (χ0n) is 12.4. The van der Waals surface area contributed by atoms with Gasteiger partial charge < -0.3 is 11.1 Å². The third-order valence-corrected chi connectivity index (χ3v) is 5.71. The number of rotatable bonds is 5. The Morgan fingerprint density at radius 1 is 1.30 bits per heavy atom. The summed E-state index contributed by atoms with van der Waals surface area (Å²) in [5.74, 6) is -1.24. The van der Waals surface area contributed by atoms with Crippen LogP contribution in [0.2, 0.25) is 5.02 Å². The number of amides is 2.